The van der Waals surface area contributed by atoms with Crippen LogP contribution in [0.1, 0.15) is 39.0 Å². The zero-order chi connectivity index (χ0) is 15.4. The van der Waals surface area contributed by atoms with Crippen LogP contribution in [-0.4, -0.2) is 46.4 Å². The number of ether oxygens (including phenoxy) is 1. The van der Waals surface area contributed by atoms with E-state index >= 15 is 0 Å². The maximum atomic E-state index is 12.8. The fourth-order valence-corrected chi connectivity index (χ4v) is 3.77. The summed E-state index contributed by atoms with van der Waals surface area (Å²) in [5.74, 6) is 1.04. The van der Waals surface area contributed by atoms with Gasteiger partial charge in [0, 0.05) is 38.6 Å². The van der Waals surface area contributed by atoms with Crippen LogP contribution in [-0.2, 0) is 16.1 Å². The topological polar surface area (TPSA) is 47.4 Å². The first-order valence-electron chi connectivity index (χ1n) is 8.65. The minimum Gasteiger partial charge on any atom is -0.377 e. The number of aromatic nitrogens is 2. The molecule has 3 rings (SSSR count). The maximum absolute atomic E-state index is 12.8. The molecule has 0 saturated carbocycles. The van der Waals surface area contributed by atoms with Gasteiger partial charge in [0.05, 0.1) is 12.0 Å². The van der Waals surface area contributed by atoms with Crippen molar-refractivity contribution in [2.75, 3.05) is 19.7 Å². The SMILES string of the molecule is CCC1OCCCC1C(=O)N1CCC(Cn2cccn2)CC1. The van der Waals surface area contributed by atoms with Crippen LogP contribution in [0, 0.1) is 11.8 Å². The highest BCUT2D eigenvalue weighted by Gasteiger charge is 2.35. The summed E-state index contributed by atoms with van der Waals surface area (Å²) in [4.78, 5) is 14.8. The van der Waals surface area contributed by atoms with Gasteiger partial charge in [0.25, 0.3) is 0 Å². The van der Waals surface area contributed by atoms with Crippen LogP contribution in [0.3, 0.4) is 0 Å². The first-order valence-corrected chi connectivity index (χ1v) is 8.65. The third-order valence-corrected chi connectivity index (χ3v) is 5.09. The fraction of sp³-hybridized carbons (Fsp3) is 0.765. The molecule has 2 saturated heterocycles. The Morgan fingerprint density at radius 2 is 2.14 bits per heavy atom. The van der Waals surface area contributed by atoms with Gasteiger partial charge in [0.2, 0.25) is 5.91 Å². The Bertz CT molecular complexity index is 466. The van der Waals surface area contributed by atoms with Crippen LogP contribution < -0.4 is 0 Å². The molecule has 2 unspecified atom stereocenters. The van der Waals surface area contributed by atoms with Crippen LogP contribution >= 0.6 is 0 Å². The summed E-state index contributed by atoms with van der Waals surface area (Å²) >= 11 is 0. The first kappa shape index (κ1) is 15.5. The van der Waals surface area contributed by atoms with Gasteiger partial charge in [0.15, 0.2) is 0 Å². The second-order valence-electron chi connectivity index (χ2n) is 6.56. The van der Waals surface area contributed by atoms with Gasteiger partial charge in [-0.1, -0.05) is 6.92 Å². The van der Waals surface area contributed by atoms with E-state index in [-0.39, 0.29) is 12.0 Å². The van der Waals surface area contributed by atoms with Crippen molar-refractivity contribution in [3.8, 4) is 0 Å². The molecule has 2 aliphatic rings. The Morgan fingerprint density at radius 3 is 2.82 bits per heavy atom. The number of rotatable bonds is 4. The van der Waals surface area contributed by atoms with E-state index in [0.29, 0.717) is 11.8 Å². The summed E-state index contributed by atoms with van der Waals surface area (Å²) in [6, 6.07) is 1.96. The van der Waals surface area contributed by atoms with E-state index in [0.717, 1.165) is 58.3 Å². The largest absolute Gasteiger partial charge is 0.377 e. The lowest BCUT2D eigenvalue weighted by Gasteiger charge is -2.37. The summed E-state index contributed by atoms with van der Waals surface area (Å²) in [5.41, 5.74) is 0. The highest BCUT2D eigenvalue weighted by Crippen LogP contribution is 2.27. The van der Waals surface area contributed by atoms with Crippen LogP contribution in [0.25, 0.3) is 0 Å². The summed E-state index contributed by atoms with van der Waals surface area (Å²) in [6.45, 7) is 5.68. The molecule has 2 atom stereocenters. The van der Waals surface area contributed by atoms with Gasteiger partial charge in [0.1, 0.15) is 0 Å². The van der Waals surface area contributed by atoms with E-state index in [4.69, 9.17) is 4.74 Å². The first-order chi connectivity index (χ1) is 10.8. The van der Waals surface area contributed by atoms with E-state index in [1.165, 1.54) is 0 Å². The van der Waals surface area contributed by atoms with E-state index in [9.17, 15) is 4.79 Å². The quantitative estimate of drug-likeness (QED) is 0.858. The predicted octanol–water partition coefficient (Wildman–Crippen LogP) is 2.33. The van der Waals surface area contributed by atoms with Crippen molar-refractivity contribution in [3.63, 3.8) is 0 Å². The molecule has 22 heavy (non-hydrogen) atoms. The number of hydrogen-bond acceptors (Lipinski definition) is 3. The Labute approximate surface area is 132 Å². The van der Waals surface area contributed by atoms with Crippen molar-refractivity contribution < 1.29 is 9.53 Å². The molecule has 3 heterocycles. The van der Waals surface area contributed by atoms with Crippen LogP contribution in [0.15, 0.2) is 18.5 Å². The predicted molar refractivity (Wildman–Crippen MR) is 84.3 cm³/mol. The van der Waals surface area contributed by atoms with Gasteiger partial charge in [-0.25, -0.2) is 0 Å². The van der Waals surface area contributed by atoms with Gasteiger partial charge in [-0.3, -0.25) is 9.48 Å². The van der Waals surface area contributed by atoms with Gasteiger partial charge < -0.3 is 9.64 Å². The second kappa shape index (κ2) is 7.27. The summed E-state index contributed by atoms with van der Waals surface area (Å²) in [6.07, 6.45) is 9.07. The van der Waals surface area contributed by atoms with Crippen molar-refractivity contribution in [2.45, 2.75) is 51.7 Å². The molecule has 0 N–H and O–H groups in total. The second-order valence-corrected chi connectivity index (χ2v) is 6.56. The number of piperidine rings is 1. The molecule has 1 aromatic heterocycles. The lowest BCUT2D eigenvalue weighted by molar-refractivity contribution is -0.146. The Morgan fingerprint density at radius 1 is 1.32 bits per heavy atom. The molecule has 5 nitrogen and oxygen atoms in total. The molecule has 0 bridgehead atoms. The third kappa shape index (κ3) is 3.51. The molecule has 2 aliphatic heterocycles. The number of nitrogens with zero attached hydrogens (tertiary/aromatic N) is 3. The zero-order valence-electron chi connectivity index (χ0n) is 13.5. The number of hydrogen-bond donors (Lipinski definition) is 0. The van der Waals surface area contributed by atoms with Crippen molar-refractivity contribution in [1.82, 2.24) is 14.7 Å². The normalized spacial score (nSPS) is 27.0. The molecule has 1 amide bonds. The molecule has 5 heteroatoms. The minimum atomic E-state index is 0.0846. The number of amides is 1. The zero-order valence-corrected chi connectivity index (χ0v) is 13.5. The Balaban J connectivity index is 1.51. The summed E-state index contributed by atoms with van der Waals surface area (Å²) in [5, 5.41) is 4.28. The van der Waals surface area contributed by atoms with Gasteiger partial charge in [-0.05, 0) is 44.1 Å². The monoisotopic (exact) mass is 305 g/mol. The average molecular weight is 305 g/mol. The van der Waals surface area contributed by atoms with Crippen LogP contribution in [0.4, 0.5) is 0 Å². The van der Waals surface area contributed by atoms with Crippen molar-refractivity contribution >= 4 is 5.91 Å². The maximum Gasteiger partial charge on any atom is 0.228 e. The van der Waals surface area contributed by atoms with Crippen LogP contribution in [0.5, 0.6) is 0 Å². The van der Waals surface area contributed by atoms with Crippen molar-refractivity contribution in [3.05, 3.63) is 18.5 Å². The lowest BCUT2D eigenvalue weighted by atomic mass is 9.89. The van der Waals surface area contributed by atoms with E-state index < -0.39 is 0 Å². The molecule has 2 fully saturated rings. The smallest absolute Gasteiger partial charge is 0.228 e. The lowest BCUT2D eigenvalue weighted by Crippen LogP contribution is -2.47. The molecule has 0 aliphatic carbocycles. The molecule has 0 aromatic carbocycles. The van der Waals surface area contributed by atoms with Crippen LogP contribution in [0.2, 0.25) is 0 Å². The highest BCUT2D eigenvalue weighted by molar-refractivity contribution is 5.79. The molecule has 122 valence electrons. The van der Waals surface area contributed by atoms with Crippen molar-refractivity contribution in [1.29, 1.82) is 0 Å². The fourth-order valence-electron chi connectivity index (χ4n) is 3.77. The highest BCUT2D eigenvalue weighted by atomic mass is 16.5. The minimum absolute atomic E-state index is 0.0846. The third-order valence-electron chi connectivity index (χ3n) is 5.09. The average Bonchev–Trinajstić information content (AvgIpc) is 3.08. The molecule has 1 aromatic rings. The number of likely N-dealkylation sites (tertiary alicyclic amines) is 1. The van der Waals surface area contributed by atoms with E-state index in [1.807, 2.05) is 23.1 Å². The molecular weight excluding hydrogens is 278 g/mol. The molecular formula is C17H27N3O2. The van der Waals surface area contributed by atoms with Gasteiger partial charge in [-0.2, -0.15) is 5.10 Å². The number of carbonyl (C=O) groups excluding carboxylic acids is 1. The van der Waals surface area contributed by atoms with E-state index in [1.54, 1.807) is 0 Å². The van der Waals surface area contributed by atoms with Crippen molar-refractivity contribution in [2.24, 2.45) is 11.8 Å². The number of carbonyl (C=O) groups is 1. The summed E-state index contributed by atoms with van der Waals surface area (Å²) in [7, 11) is 0. The Kier molecular flexibility index (Phi) is 5.13. The standard InChI is InChI=1S/C17H27N3O2/c1-2-16-15(5-3-12-22-16)17(21)19-10-6-14(7-11-19)13-20-9-4-8-18-20/h4,8-9,14-16H,2-3,5-7,10-13H2,1H3. The van der Waals surface area contributed by atoms with Gasteiger partial charge in [-0.15, -0.1) is 0 Å². The molecule has 0 radical (unpaired) electrons. The molecule has 0 spiro atoms. The van der Waals surface area contributed by atoms with E-state index in [2.05, 4.69) is 16.9 Å². The van der Waals surface area contributed by atoms with Gasteiger partial charge >= 0.3 is 0 Å². The summed E-state index contributed by atoms with van der Waals surface area (Å²) < 4.78 is 7.79. The Hall–Kier alpha value is -1.36.